The predicted octanol–water partition coefficient (Wildman–Crippen LogP) is 2.69. The fourth-order valence-electron chi connectivity index (χ4n) is 1.23. The van der Waals surface area contributed by atoms with E-state index in [-0.39, 0.29) is 18.8 Å². The standard InChI is InChI=1S/C11H11F3O3/c1-2-16-10(15)7-8-4-3-5-9(6-8)17-11(12,13)14/h3-6H,2,7H2,1H3. The van der Waals surface area contributed by atoms with Gasteiger partial charge in [-0.2, -0.15) is 0 Å². The molecule has 0 saturated carbocycles. The van der Waals surface area contributed by atoms with Gasteiger partial charge in [0, 0.05) is 0 Å². The molecule has 0 aromatic heterocycles. The lowest BCUT2D eigenvalue weighted by molar-refractivity contribution is -0.274. The van der Waals surface area contributed by atoms with Crippen LogP contribution in [0.2, 0.25) is 0 Å². The van der Waals surface area contributed by atoms with Gasteiger partial charge in [-0.05, 0) is 24.6 Å². The minimum atomic E-state index is -4.73. The molecule has 3 nitrogen and oxygen atoms in total. The summed E-state index contributed by atoms with van der Waals surface area (Å²) in [6.45, 7) is 1.89. The van der Waals surface area contributed by atoms with Gasteiger partial charge in [0.15, 0.2) is 0 Å². The van der Waals surface area contributed by atoms with E-state index in [1.807, 2.05) is 0 Å². The number of hydrogen-bond donors (Lipinski definition) is 0. The fourth-order valence-corrected chi connectivity index (χ4v) is 1.23. The van der Waals surface area contributed by atoms with E-state index in [2.05, 4.69) is 9.47 Å². The highest BCUT2D eigenvalue weighted by Crippen LogP contribution is 2.23. The van der Waals surface area contributed by atoms with Crippen molar-refractivity contribution in [3.8, 4) is 5.75 Å². The van der Waals surface area contributed by atoms with E-state index in [9.17, 15) is 18.0 Å². The topological polar surface area (TPSA) is 35.5 Å². The zero-order valence-electron chi connectivity index (χ0n) is 9.08. The Labute approximate surface area is 96.1 Å². The van der Waals surface area contributed by atoms with Crippen molar-refractivity contribution < 1.29 is 27.4 Å². The molecule has 94 valence electrons. The van der Waals surface area contributed by atoms with Crippen LogP contribution in [0.3, 0.4) is 0 Å². The third-order valence-corrected chi connectivity index (χ3v) is 1.79. The van der Waals surface area contributed by atoms with Crippen LogP contribution in [-0.4, -0.2) is 18.9 Å². The molecule has 17 heavy (non-hydrogen) atoms. The number of ether oxygens (including phenoxy) is 2. The Morgan fingerprint density at radius 3 is 2.65 bits per heavy atom. The zero-order chi connectivity index (χ0) is 12.9. The maximum Gasteiger partial charge on any atom is 0.573 e. The number of benzene rings is 1. The smallest absolute Gasteiger partial charge is 0.466 e. The third kappa shape index (κ3) is 5.24. The van der Waals surface area contributed by atoms with E-state index in [4.69, 9.17) is 0 Å². The molecule has 0 atom stereocenters. The Hall–Kier alpha value is -1.72. The van der Waals surface area contributed by atoms with Gasteiger partial charge in [-0.15, -0.1) is 13.2 Å². The van der Waals surface area contributed by atoms with Gasteiger partial charge < -0.3 is 9.47 Å². The summed E-state index contributed by atoms with van der Waals surface area (Å²) < 4.78 is 44.2. The molecule has 0 amide bonds. The number of halogens is 3. The molecule has 0 bridgehead atoms. The van der Waals surface area contributed by atoms with Crippen molar-refractivity contribution in [2.45, 2.75) is 19.7 Å². The minimum absolute atomic E-state index is 0.0805. The lowest BCUT2D eigenvalue weighted by atomic mass is 10.1. The van der Waals surface area contributed by atoms with Gasteiger partial charge in [-0.1, -0.05) is 12.1 Å². The molecule has 0 aliphatic heterocycles. The highest BCUT2D eigenvalue weighted by Gasteiger charge is 2.31. The van der Waals surface area contributed by atoms with Crippen molar-refractivity contribution in [3.63, 3.8) is 0 Å². The maximum atomic E-state index is 11.9. The van der Waals surface area contributed by atoms with Crippen molar-refractivity contribution in [3.05, 3.63) is 29.8 Å². The summed E-state index contributed by atoms with van der Waals surface area (Å²) in [5.74, 6) is -0.837. The molecule has 0 aliphatic rings. The second kappa shape index (κ2) is 5.56. The summed E-state index contributed by atoms with van der Waals surface area (Å²) in [4.78, 5) is 11.1. The zero-order valence-corrected chi connectivity index (χ0v) is 9.08. The largest absolute Gasteiger partial charge is 0.573 e. The first-order valence-electron chi connectivity index (χ1n) is 4.91. The van der Waals surface area contributed by atoms with Crippen LogP contribution in [0.1, 0.15) is 12.5 Å². The van der Waals surface area contributed by atoms with Crippen LogP contribution in [0.25, 0.3) is 0 Å². The van der Waals surface area contributed by atoms with Gasteiger partial charge >= 0.3 is 12.3 Å². The summed E-state index contributed by atoms with van der Waals surface area (Å²) in [7, 11) is 0. The first kappa shape index (κ1) is 13.3. The average molecular weight is 248 g/mol. The van der Waals surface area contributed by atoms with E-state index in [1.54, 1.807) is 6.92 Å². The molecule has 6 heteroatoms. The SMILES string of the molecule is CCOC(=O)Cc1cccc(OC(F)(F)F)c1. The summed E-state index contributed by atoms with van der Waals surface area (Å²) in [6.07, 6.45) is -4.81. The summed E-state index contributed by atoms with van der Waals surface area (Å²) >= 11 is 0. The van der Waals surface area contributed by atoms with Gasteiger partial charge in [-0.3, -0.25) is 4.79 Å². The van der Waals surface area contributed by atoms with Crippen LogP contribution < -0.4 is 4.74 Å². The second-order valence-corrected chi connectivity index (χ2v) is 3.18. The fraction of sp³-hybridized carbons (Fsp3) is 0.364. The summed E-state index contributed by atoms with van der Waals surface area (Å²) in [5, 5.41) is 0. The highest BCUT2D eigenvalue weighted by atomic mass is 19.4. The van der Waals surface area contributed by atoms with Gasteiger partial charge in [0.2, 0.25) is 0 Å². The maximum absolute atomic E-state index is 11.9. The molecule has 0 spiro atoms. The van der Waals surface area contributed by atoms with Crippen LogP contribution >= 0.6 is 0 Å². The first-order valence-corrected chi connectivity index (χ1v) is 4.91. The minimum Gasteiger partial charge on any atom is -0.466 e. The number of esters is 1. The van der Waals surface area contributed by atoms with Gasteiger partial charge in [0.05, 0.1) is 13.0 Å². The van der Waals surface area contributed by atoms with E-state index in [0.29, 0.717) is 5.56 Å². The molecule has 0 saturated heterocycles. The Kier molecular flexibility index (Phi) is 4.37. The van der Waals surface area contributed by atoms with Crippen molar-refractivity contribution in [2.75, 3.05) is 6.61 Å². The molecule has 0 fully saturated rings. The Morgan fingerprint density at radius 2 is 2.06 bits per heavy atom. The number of carbonyl (C=O) groups excluding carboxylic acids is 1. The molecule has 1 aromatic carbocycles. The van der Waals surface area contributed by atoms with Crippen LogP contribution in [0.5, 0.6) is 5.75 Å². The second-order valence-electron chi connectivity index (χ2n) is 3.18. The van der Waals surface area contributed by atoms with E-state index < -0.39 is 12.3 Å². The molecule has 1 aromatic rings. The van der Waals surface area contributed by atoms with Crippen LogP contribution in [0, 0.1) is 0 Å². The highest BCUT2D eigenvalue weighted by molar-refractivity contribution is 5.72. The molecule has 0 aliphatic carbocycles. The van der Waals surface area contributed by atoms with Crippen LogP contribution in [0.15, 0.2) is 24.3 Å². The monoisotopic (exact) mass is 248 g/mol. The van der Waals surface area contributed by atoms with Crippen molar-refractivity contribution in [1.29, 1.82) is 0 Å². The van der Waals surface area contributed by atoms with E-state index in [1.165, 1.54) is 18.2 Å². The summed E-state index contributed by atoms with van der Waals surface area (Å²) in [6, 6.07) is 5.24. The van der Waals surface area contributed by atoms with Crippen molar-refractivity contribution in [1.82, 2.24) is 0 Å². The molecular weight excluding hydrogens is 237 g/mol. The number of hydrogen-bond acceptors (Lipinski definition) is 3. The number of rotatable bonds is 4. The normalized spacial score (nSPS) is 11.1. The Balaban J connectivity index is 2.69. The van der Waals surface area contributed by atoms with E-state index in [0.717, 1.165) is 6.07 Å². The molecular formula is C11H11F3O3. The molecule has 0 unspecified atom stereocenters. The lowest BCUT2D eigenvalue weighted by Gasteiger charge is -2.09. The Bertz CT molecular complexity index is 388. The molecule has 0 N–H and O–H groups in total. The summed E-state index contributed by atoms with van der Waals surface area (Å²) in [5.41, 5.74) is 0.408. The lowest BCUT2D eigenvalue weighted by Crippen LogP contribution is -2.17. The van der Waals surface area contributed by atoms with Gasteiger partial charge in [0.1, 0.15) is 5.75 Å². The van der Waals surface area contributed by atoms with Gasteiger partial charge in [-0.25, -0.2) is 0 Å². The van der Waals surface area contributed by atoms with Crippen LogP contribution in [0.4, 0.5) is 13.2 Å². The average Bonchev–Trinajstić information content (AvgIpc) is 2.15. The Morgan fingerprint density at radius 1 is 1.35 bits per heavy atom. The molecule has 0 radical (unpaired) electrons. The number of alkyl halides is 3. The van der Waals surface area contributed by atoms with Crippen molar-refractivity contribution >= 4 is 5.97 Å². The van der Waals surface area contributed by atoms with E-state index >= 15 is 0 Å². The quantitative estimate of drug-likeness (QED) is 0.768. The van der Waals surface area contributed by atoms with Gasteiger partial charge in [0.25, 0.3) is 0 Å². The van der Waals surface area contributed by atoms with Crippen LogP contribution in [-0.2, 0) is 16.0 Å². The molecule has 0 heterocycles. The third-order valence-electron chi connectivity index (χ3n) is 1.79. The molecule has 1 rings (SSSR count). The van der Waals surface area contributed by atoms with Crippen molar-refractivity contribution in [2.24, 2.45) is 0 Å². The number of carbonyl (C=O) groups is 1. The predicted molar refractivity (Wildman–Crippen MR) is 53.5 cm³/mol. The first-order chi connectivity index (χ1) is 7.90.